The van der Waals surface area contributed by atoms with E-state index in [2.05, 4.69) is 11.1 Å². The van der Waals surface area contributed by atoms with Crippen LogP contribution in [0.1, 0.15) is 22.2 Å². The van der Waals surface area contributed by atoms with E-state index in [0.717, 1.165) is 33.1 Å². The maximum atomic E-state index is 6.33. The Morgan fingerprint density at radius 2 is 2.00 bits per heavy atom. The van der Waals surface area contributed by atoms with Gasteiger partial charge >= 0.3 is 0 Å². The number of nitrogens with zero attached hydrogens (tertiary/aromatic N) is 1. The number of thiazole rings is 1. The predicted molar refractivity (Wildman–Crippen MR) is 86.4 cm³/mol. The van der Waals surface area contributed by atoms with Crippen molar-refractivity contribution in [1.82, 2.24) is 4.98 Å². The fraction of sp³-hybridized carbons (Fsp3) is 0.188. The summed E-state index contributed by atoms with van der Waals surface area (Å²) in [7, 11) is 0. The molecule has 0 aliphatic carbocycles. The Morgan fingerprint density at radius 1 is 1.20 bits per heavy atom. The van der Waals surface area contributed by atoms with Gasteiger partial charge in [-0.2, -0.15) is 0 Å². The SMILES string of the molecule is Cc1c(Cl)cccc1C(N)Cc1nc2ccccc2s1. The lowest BCUT2D eigenvalue weighted by Gasteiger charge is -2.14. The van der Waals surface area contributed by atoms with Crippen molar-refractivity contribution in [3.05, 3.63) is 63.6 Å². The van der Waals surface area contributed by atoms with Gasteiger partial charge < -0.3 is 5.73 Å². The molecule has 0 saturated carbocycles. The van der Waals surface area contributed by atoms with E-state index in [0.29, 0.717) is 0 Å². The first kappa shape index (κ1) is 13.6. The van der Waals surface area contributed by atoms with E-state index in [1.807, 2.05) is 43.3 Å². The number of hydrogen-bond donors (Lipinski definition) is 1. The molecule has 20 heavy (non-hydrogen) atoms. The van der Waals surface area contributed by atoms with E-state index in [-0.39, 0.29) is 6.04 Å². The summed E-state index contributed by atoms with van der Waals surface area (Å²) in [5, 5.41) is 1.83. The van der Waals surface area contributed by atoms with Crippen LogP contribution in [0.15, 0.2) is 42.5 Å². The molecule has 4 heteroatoms. The van der Waals surface area contributed by atoms with Crippen molar-refractivity contribution >= 4 is 33.2 Å². The van der Waals surface area contributed by atoms with Crippen LogP contribution in [-0.4, -0.2) is 4.98 Å². The highest BCUT2D eigenvalue weighted by Crippen LogP contribution is 2.28. The first-order valence-corrected chi connectivity index (χ1v) is 7.69. The standard InChI is InChI=1S/C16H15ClN2S/c1-10-11(5-4-6-12(10)17)13(18)9-16-19-14-7-2-3-8-15(14)20-16/h2-8,13H,9,18H2,1H3. The first-order valence-electron chi connectivity index (χ1n) is 6.50. The van der Waals surface area contributed by atoms with Gasteiger partial charge in [-0.15, -0.1) is 11.3 Å². The Kier molecular flexibility index (Phi) is 3.74. The van der Waals surface area contributed by atoms with Crippen LogP contribution in [0, 0.1) is 6.92 Å². The molecule has 0 spiro atoms. The second kappa shape index (κ2) is 5.52. The van der Waals surface area contributed by atoms with Crippen molar-refractivity contribution in [3.63, 3.8) is 0 Å². The van der Waals surface area contributed by atoms with Gasteiger partial charge in [-0.25, -0.2) is 4.98 Å². The Hall–Kier alpha value is -1.42. The average Bonchev–Trinajstić information content (AvgIpc) is 2.83. The zero-order valence-corrected chi connectivity index (χ0v) is 12.7. The minimum absolute atomic E-state index is 0.0748. The molecule has 3 rings (SSSR count). The molecule has 2 aromatic carbocycles. The van der Waals surface area contributed by atoms with Gasteiger partial charge in [0.05, 0.1) is 15.2 Å². The maximum absolute atomic E-state index is 6.33. The molecule has 0 bridgehead atoms. The van der Waals surface area contributed by atoms with Crippen LogP contribution in [0.5, 0.6) is 0 Å². The summed E-state index contributed by atoms with van der Waals surface area (Å²) < 4.78 is 1.21. The molecule has 1 atom stereocenters. The van der Waals surface area contributed by atoms with Crippen molar-refractivity contribution < 1.29 is 0 Å². The van der Waals surface area contributed by atoms with Gasteiger partial charge in [-0.05, 0) is 36.2 Å². The number of benzene rings is 2. The molecular formula is C16H15ClN2S. The third kappa shape index (κ3) is 2.57. The van der Waals surface area contributed by atoms with E-state index in [1.54, 1.807) is 11.3 Å². The highest BCUT2D eigenvalue weighted by molar-refractivity contribution is 7.18. The molecule has 0 saturated heterocycles. The van der Waals surface area contributed by atoms with Crippen LogP contribution in [0.3, 0.4) is 0 Å². The number of fused-ring (bicyclic) bond motifs is 1. The quantitative estimate of drug-likeness (QED) is 0.773. The number of halogens is 1. The van der Waals surface area contributed by atoms with Crippen LogP contribution >= 0.6 is 22.9 Å². The number of aromatic nitrogens is 1. The summed E-state index contributed by atoms with van der Waals surface area (Å²) in [6.07, 6.45) is 0.737. The van der Waals surface area contributed by atoms with Gasteiger partial charge in [0, 0.05) is 17.5 Å². The van der Waals surface area contributed by atoms with Crippen molar-refractivity contribution in [2.24, 2.45) is 5.73 Å². The molecule has 0 aliphatic rings. The van der Waals surface area contributed by atoms with Gasteiger partial charge in [0.2, 0.25) is 0 Å². The zero-order valence-electron chi connectivity index (χ0n) is 11.1. The Balaban J connectivity index is 1.88. The molecule has 102 valence electrons. The second-order valence-corrected chi connectivity index (χ2v) is 6.36. The lowest BCUT2D eigenvalue weighted by Crippen LogP contribution is -2.14. The number of nitrogens with two attached hydrogens (primary N) is 1. The molecule has 1 aromatic heterocycles. The van der Waals surface area contributed by atoms with Gasteiger partial charge in [-0.3, -0.25) is 0 Å². The van der Waals surface area contributed by atoms with Gasteiger partial charge in [0.25, 0.3) is 0 Å². The van der Waals surface area contributed by atoms with Crippen LogP contribution < -0.4 is 5.73 Å². The average molecular weight is 303 g/mol. The minimum atomic E-state index is -0.0748. The highest BCUT2D eigenvalue weighted by atomic mass is 35.5. The largest absolute Gasteiger partial charge is 0.324 e. The first-order chi connectivity index (χ1) is 9.65. The summed E-state index contributed by atoms with van der Waals surface area (Å²) in [4.78, 5) is 4.64. The van der Waals surface area contributed by atoms with E-state index in [9.17, 15) is 0 Å². The summed E-state index contributed by atoms with van der Waals surface area (Å²) in [5.74, 6) is 0. The van der Waals surface area contributed by atoms with E-state index >= 15 is 0 Å². The molecule has 0 radical (unpaired) electrons. The predicted octanol–water partition coefficient (Wildman–Crippen LogP) is 4.50. The molecule has 0 amide bonds. The van der Waals surface area contributed by atoms with Crippen molar-refractivity contribution in [2.45, 2.75) is 19.4 Å². The maximum Gasteiger partial charge on any atom is 0.0957 e. The van der Waals surface area contributed by atoms with Crippen molar-refractivity contribution in [1.29, 1.82) is 0 Å². The van der Waals surface area contributed by atoms with E-state index in [4.69, 9.17) is 17.3 Å². The van der Waals surface area contributed by atoms with Gasteiger partial charge in [0.1, 0.15) is 0 Å². The van der Waals surface area contributed by atoms with Crippen LogP contribution in [0.4, 0.5) is 0 Å². The smallest absolute Gasteiger partial charge is 0.0957 e. The minimum Gasteiger partial charge on any atom is -0.324 e. The lowest BCUT2D eigenvalue weighted by molar-refractivity contribution is 0.714. The normalized spacial score (nSPS) is 12.8. The van der Waals surface area contributed by atoms with Crippen LogP contribution in [-0.2, 0) is 6.42 Å². The summed E-state index contributed by atoms with van der Waals surface area (Å²) in [6, 6.07) is 14.0. The van der Waals surface area contributed by atoms with Gasteiger partial charge in [0.15, 0.2) is 0 Å². The third-order valence-electron chi connectivity index (χ3n) is 3.44. The Morgan fingerprint density at radius 3 is 2.80 bits per heavy atom. The van der Waals surface area contributed by atoms with Crippen molar-refractivity contribution in [3.8, 4) is 0 Å². The van der Waals surface area contributed by atoms with Crippen LogP contribution in [0.25, 0.3) is 10.2 Å². The fourth-order valence-corrected chi connectivity index (χ4v) is 3.54. The summed E-state index contributed by atoms with van der Waals surface area (Å²) >= 11 is 7.86. The zero-order chi connectivity index (χ0) is 14.1. The second-order valence-electron chi connectivity index (χ2n) is 4.84. The molecule has 1 heterocycles. The molecule has 2 nitrogen and oxygen atoms in total. The van der Waals surface area contributed by atoms with E-state index in [1.165, 1.54) is 4.70 Å². The Bertz CT molecular complexity index is 718. The molecular weight excluding hydrogens is 288 g/mol. The van der Waals surface area contributed by atoms with Gasteiger partial charge in [-0.1, -0.05) is 35.9 Å². The number of hydrogen-bond acceptors (Lipinski definition) is 3. The molecule has 1 unspecified atom stereocenters. The number of rotatable bonds is 3. The lowest BCUT2D eigenvalue weighted by atomic mass is 10.00. The fourth-order valence-electron chi connectivity index (χ4n) is 2.33. The Labute approximate surface area is 127 Å². The molecule has 0 aliphatic heterocycles. The third-order valence-corrected chi connectivity index (χ3v) is 4.91. The summed E-state index contributed by atoms with van der Waals surface area (Å²) in [5.41, 5.74) is 9.52. The van der Waals surface area contributed by atoms with Crippen LogP contribution in [0.2, 0.25) is 5.02 Å². The molecule has 2 N–H and O–H groups in total. The summed E-state index contributed by atoms with van der Waals surface area (Å²) in [6.45, 7) is 2.01. The monoisotopic (exact) mass is 302 g/mol. The number of para-hydroxylation sites is 1. The highest BCUT2D eigenvalue weighted by Gasteiger charge is 2.14. The molecule has 3 aromatic rings. The topological polar surface area (TPSA) is 38.9 Å². The molecule has 0 fully saturated rings. The van der Waals surface area contributed by atoms with Crippen molar-refractivity contribution in [2.75, 3.05) is 0 Å². The van der Waals surface area contributed by atoms with E-state index < -0.39 is 0 Å².